The van der Waals surface area contributed by atoms with Gasteiger partial charge in [0.2, 0.25) is 5.91 Å². The number of carbonyl (C=O) groups is 2. The van der Waals surface area contributed by atoms with Crippen LogP contribution in [-0.4, -0.2) is 72.9 Å². The lowest BCUT2D eigenvalue weighted by molar-refractivity contribution is -0.137. The molecule has 4 aromatic rings. The van der Waals surface area contributed by atoms with Crippen LogP contribution in [0.5, 0.6) is 5.75 Å². The number of amides is 2. The summed E-state index contributed by atoms with van der Waals surface area (Å²) in [6, 6.07) is 6.56. The molecule has 1 aromatic carbocycles. The fraction of sp³-hybridized carbons (Fsp3) is 0.406. The van der Waals surface area contributed by atoms with Crippen molar-refractivity contribution < 1.29 is 27.5 Å². The van der Waals surface area contributed by atoms with E-state index >= 15 is 0 Å². The number of alkyl halides is 3. The molecule has 2 aliphatic rings. The molecule has 2 amide bonds. The Balaban J connectivity index is 1.37. The number of carbonyl (C=O) groups excluding carboxylic acids is 2. The van der Waals surface area contributed by atoms with E-state index in [0.717, 1.165) is 37.0 Å². The molecule has 0 aliphatic carbocycles. The van der Waals surface area contributed by atoms with Gasteiger partial charge in [-0.1, -0.05) is 6.92 Å². The van der Waals surface area contributed by atoms with Crippen LogP contribution >= 0.6 is 0 Å². The van der Waals surface area contributed by atoms with Crippen molar-refractivity contribution in [2.75, 3.05) is 30.7 Å². The molecule has 2 fully saturated rings. The van der Waals surface area contributed by atoms with E-state index in [4.69, 9.17) is 15.5 Å². The van der Waals surface area contributed by atoms with Crippen LogP contribution in [0.1, 0.15) is 62.3 Å². The van der Waals surface area contributed by atoms with E-state index in [1.54, 1.807) is 25.4 Å². The van der Waals surface area contributed by atoms with Crippen molar-refractivity contribution in [1.29, 1.82) is 0 Å². The number of pyridine rings is 1. The van der Waals surface area contributed by atoms with Gasteiger partial charge in [0, 0.05) is 47.7 Å². The monoisotopic (exact) mass is 636 g/mol. The number of halogens is 3. The van der Waals surface area contributed by atoms with Gasteiger partial charge in [0.1, 0.15) is 34.4 Å². The summed E-state index contributed by atoms with van der Waals surface area (Å²) < 4.78 is 47.4. The third-order valence-corrected chi connectivity index (χ3v) is 8.77. The number of anilines is 2. The number of imidazole rings is 1. The largest absolute Gasteiger partial charge is 0.493 e. The van der Waals surface area contributed by atoms with Gasteiger partial charge >= 0.3 is 6.18 Å². The summed E-state index contributed by atoms with van der Waals surface area (Å²) in [5, 5.41) is 2.43. The molecule has 14 heteroatoms. The van der Waals surface area contributed by atoms with E-state index in [1.165, 1.54) is 12.1 Å². The summed E-state index contributed by atoms with van der Waals surface area (Å²) in [4.78, 5) is 43.7. The van der Waals surface area contributed by atoms with Crippen LogP contribution in [0, 0.1) is 0 Å². The van der Waals surface area contributed by atoms with Crippen molar-refractivity contribution in [2.45, 2.75) is 64.3 Å². The van der Waals surface area contributed by atoms with Crippen LogP contribution in [0.4, 0.5) is 24.8 Å². The number of nitrogen functional groups attached to an aromatic ring is 1. The van der Waals surface area contributed by atoms with Crippen molar-refractivity contribution in [1.82, 2.24) is 29.2 Å². The number of hydrogen-bond donors (Lipinski definition) is 2. The lowest BCUT2D eigenvalue weighted by Gasteiger charge is -2.43. The SMILES string of the molecule is CCOc1cc(C(=O)Nc2cc(C(F)(F)F)ccn2)ccc1-c1nc(C2(C)CCC3N(C2)C(=O)CN3C(C)C)n2ccnc(N)c12. The minimum absolute atomic E-state index is 0.0485. The van der Waals surface area contributed by atoms with Crippen molar-refractivity contribution in [3.8, 4) is 17.0 Å². The minimum atomic E-state index is -4.58. The average Bonchev–Trinajstić information content (AvgIpc) is 3.56. The number of fused-ring (bicyclic) bond motifs is 2. The predicted molar refractivity (Wildman–Crippen MR) is 165 cm³/mol. The fourth-order valence-corrected chi connectivity index (χ4v) is 6.50. The Hall–Kier alpha value is -4.72. The Labute approximate surface area is 263 Å². The molecule has 11 nitrogen and oxygen atoms in total. The third-order valence-electron chi connectivity index (χ3n) is 8.77. The first-order valence-electron chi connectivity index (χ1n) is 15.1. The van der Waals surface area contributed by atoms with Gasteiger partial charge in [0.25, 0.3) is 5.91 Å². The lowest BCUT2D eigenvalue weighted by Crippen LogP contribution is -2.53. The topological polar surface area (TPSA) is 131 Å². The van der Waals surface area contributed by atoms with Crippen molar-refractivity contribution >= 4 is 29.0 Å². The van der Waals surface area contributed by atoms with E-state index in [-0.39, 0.29) is 41.9 Å². The maximum absolute atomic E-state index is 13.2. The average molecular weight is 637 g/mol. The molecule has 2 saturated heterocycles. The van der Waals surface area contributed by atoms with Gasteiger partial charge in [-0.3, -0.25) is 18.9 Å². The molecule has 0 bridgehead atoms. The third kappa shape index (κ3) is 5.50. The summed E-state index contributed by atoms with van der Waals surface area (Å²) in [5.74, 6) is 0.502. The highest BCUT2D eigenvalue weighted by molar-refractivity contribution is 6.04. The Morgan fingerprint density at radius 1 is 1.20 bits per heavy atom. The molecule has 2 unspecified atom stereocenters. The van der Waals surface area contributed by atoms with Gasteiger partial charge in [-0.25, -0.2) is 15.0 Å². The second kappa shape index (κ2) is 11.6. The first-order valence-corrected chi connectivity index (χ1v) is 15.1. The van der Waals surface area contributed by atoms with Gasteiger partial charge in [0.05, 0.1) is 24.9 Å². The Bertz CT molecular complexity index is 1820. The second-order valence-electron chi connectivity index (χ2n) is 12.2. The molecule has 0 saturated carbocycles. The number of nitrogens with one attached hydrogen (secondary N) is 1. The van der Waals surface area contributed by atoms with Gasteiger partial charge in [0.15, 0.2) is 0 Å². The number of hydrogen-bond acceptors (Lipinski definition) is 8. The number of rotatable bonds is 7. The Kier molecular flexibility index (Phi) is 7.87. The summed E-state index contributed by atoms with van der Waals surface area (Å²) in [6.07, 6.45) is 1.43. The van der Waals surface area contributed by atoms with E-state index in [1.807, 2.05) is 9.30 Å². The van der Waals surface area contributed by atoms with E-state index < -0.39 is 23.1 Å². The molecule has 3 N–H and O–H groups in total. The summed E-state index contributed by atoms with van der Waals surface area (Å²) in [6.45, 7) is 9.24. The molecule has 5 heterocycles. The quantitative estimate of drug-likeness (QED) is 0.291. The highest BCUT2D eigenvalue weighted by atomic mass is 19.4. The maximum atomic E-state index is 13.2. The van der Waals surface area contributed by atoms with E-state index in [2.05, 4.69) is 41.0 Å². The van der Waals surface area contributed by atoms with Gasteiger partial charge in [-0.15, -0.1) is 0 Å². The maximum Gasteiger partial charge on any atom is 0.416 e. The molecular formula is C32H35F3N8O3. The fourth-order valence-electron chi connectivity index (χ4n) is 6.50. The number of benzene rings is 1. The first kappa shape index (κ1) is 31.3. The number of piperidine rings is 1. The van der Waals surface area contributed by atoms with Crippen LogP contribution in [-0.2, 0) is 16.4 Å². The van der Waals surface area contributed by atoms with Crippen LogP contribution in [0.3, 0.4) is 0 Å². The number of nitrogens with zero attached hydrogens (tertiary/aromatic N) is 6. The van der Waals surface area contributed by atoms with Crippen molar-refractivity contribution in [3.05, 3.63) is 65.9 Å². The molecule has 6 rings (SSSR count). The smallest absolute Gasteiger partial charge is 0.416 e. The van der Waals surface area contributed by atoms with Gasteiger partial charge in [-0.2, -0.15) is 13.2 Å². The normalized spacial score (nSPS) is 20.4. The summed E-state index contributed by atoms with van der Waals surface area (Å²) in [7, 11) is 0. The number of ether oxygens (including phenoxy) is 1. The van der Waals surface area contributed by atoms with Crippen molar-refractivity contribution in [2.24, 2.45) is 0 Å². The molecule has 0 radical (unpaired) electrons. The molecule has 0 spiro atoms. The minimum Gasteiger partial charge on any atom is -0.493 e. The highest BCUT2D eigenvalue weighted by Gasteiger charge is 2.48. The van der Waals surface area contributed by atoms with Crippen LogP contribution < -0.4 is 15.8 Å². The van der Waals surface area contributed by atoms with E-state index in [0.29, 0.717) is 35.6 Å². The zero-order valence-corrected chi connectivity index (χ0v) is 25.9. The molecule has 3 aromatic heterocycles. The summed E-state index contributed by atoms with van der Waals surface area (Å²) in [5.41, 5.74) is 6.76. The molecular weight excluding hydrogens is 601 g/mol. The first-order chi connectivity index (χ1) is 21.8. The molecule has 46 heavy (non-hydrogen) atoms. The second-order valence-corrected chi connectivity index (χ2v) is 12.2. The van der Waals surface area contributed by atoms with E-state index in [9.17, 15) is 22.8 Å². The molecule has 242 valence electrons. The van der Waals surface area contributed by atoms with Gasteiger partial charge in [-0.05, 0) is 63.9 Å². The predicted octanol–water partition coefficient (Wildman–Crippen LogP) is 4.97. The van der Waals surface area contributed by atoms with Crippen LogP contribution in [0.25, 0.3) is 16.8 Å². The number of aromatic nitrogens is 4. The summed E-state index contributed by atoms with van der Waals surface area (Å²) >= 11 is 0. The lowest BCUT2D eigenvalue weighted by atomic mass is 9.80. The van der Waals surface area contributed by atoms with Crippen molar-refractivity contribution in [3.63, 3.8) is 0 Å². The van der Waals surface area contributed by atoms with Crippen LogP contribution in [0.2, 0.25) is 0 Å². The Morgan fingerprint density at radius 2 is 1.98 bits per heavy atom. The highest BCUT2D eigenvalue weighted by Crippen LogP contribution is 2.43. The molecule has 2 atom stereocenters. The molecule has 2 aliphatic heterocycles. The van der Waals surface area contributed by atoms with Gasteiger partial charge < -0.3 is 20.7 Å². The standard InChI is InChI=1S/C32H35F3N8O3/c1-5-46-22-14-19(29(45)39-23-15-20(9-11-37-23)32(33,34)35)6-7-21(22)26-27-28(36)38-12-13-41(27)30(40-26)31(4)10-8-24-42(18(2)3)16-25(44)43(24)17-31/h6-7,9,11-15,18,24H,5,8,10,16-17H2,1-4H3,(H2,36,38)(H,37,39,45). The number of nitrogens with two attached hydrogens (primary N) is 1. The zero-order valence-electron chi connectivity index (χ0n) is 25.9. The Morgan fingerprint density at radius 3 is 2.70 bits per heavy atom. The van der Waals surface area contributed by atoms with Crippen LogP contribution in [0.15, 0.2) is 48.9 Å². The zero-order chi connectivity index (χ0) is 33.0.